The van der Waals surface area contributed by atoms with E-state index in [0.29, 0.717) is 16.4 Å². The van der Waals surface area contributed by atoms with Crippen molar-refractivity contribution in [2.75, 3.05) is 7.11 Å². The number of rotatable bonds is 2. The molecule has 0 saturated carbocycles. The molecule has 6 heteroatoms. The highest BCUT2D eigenvalue weighted by Crippen LogP contribution is 2.29. The number of esters is 1. The lowest BCUT2D eigenvalue weighted by Gasteiger charge is -2.00. The summed E-state index contributed by atoms with van der Waals surface area (Å²) in [5.74, 6) is -0.461. The summed E-state index contributed by atoms with van der Waals surface area (Å²) in [6.07, 6.45) is 0. The maximum atomic E-state index is 11.3. The van der Waals surface area contributed by atoms with Crippen LogP contribution in [0.1, 0.15) is 10.5 Å². The van der Waals surface area contributed by atoms with Gasteiger partial charge in [-0.3, -0.25) is 5.10 Å². The van der Waals surface area contributed by atoms with E-state index in [1.165, 1.54) is 7.11 Å². The molecule has 0 radical (unpaired) electrons. The number of ether oxygens (including phenoxy) is 1. The van der Waals surface area contributed by atoms with Gasteiger partial charge in [0.25, 0.3) is 0 Å². The van der Waals surface area contributed by atoms with Gasteiger partial charge >= 0.3 is 5.97 Å². The van der Waals surface area contributed by atoms with Crippen LogP contribution in [0.25, 0.3) is 11.3 Å². The number of carbonyl (C=O) groups excluding carboxylic acids is 1. The number of aromatic nitrogens is 2. The Kier molecular flexibility index (Phi) is 3.49. The van der Waals surface area contributed by atoms with Gasteiger partial charge in [0.15, 0.2) is 0 Å². The molecule has 1 heterocycles. The van der Waals surface area contributed by atoms with E-state index in [0.717, 1.165) is 10.0 Å². The number of halogens is 2. The fourth-order valence-corrected chi connectivity index (χ4v) is 2.14. The molecule has 1 aromatic carbocycles. The lowest BCUT2D eigenvalue weighted by molar-refractivity contribution is 0.0594. The molecule has 0 aliphatic rings. The molecule has 88 valence electrons. The Morgan fingerprint density at radius 3 is 2.88 bits per heavy atom. The van der Waals surface area contributed by atoms with Crippen molar-refractivity contribution < 1.29 is 9.53 Å². The van der Waals surface area contributed by atoms with E-state index in [-0.39, 0.29) is 0 Å². The van der Waals surface area contributed by atoms with Crippen LogP contribution in [0.4, 0.5) is 0 Å². The molecule has 1 N–H and O–H groups in total. The molecule has 2 rings (SSSR count). The lowest BCUT2D eigenvalue weighted by atomic mass is 10.1. The van der Waals surface area contributed by atoms with Gasteiger partial charge in [-0.2, -0.15) is 5.10 Å². The molecule has 0 aliphatic heterocycles. The first-order chi connectivity index (χ1) is 8.11. The van der Waals surface area contributed by atoms with E-state index in [1.54, 1.807) is 12.1 Å². The molecule has 0 saturated heterocycles. The van der Waals surface area contributed by atoms with E-state index in [9.17, 15) is 4.79 Å². The number of carbonyl (C=O) groups is 1. The van der Waals surface area contributed by atoms with Crippen LogP contribution in [0.5, 0.6) is 0 Å². The van der Waals surface area contributed by atoms with Crippen molar-refractivity contribution in [1.82, 2.24) is 10.2 Å². The summed E-state index contributed by atoms with van der Waals surface area (Å²) in [4.78, 5) is 11.3. The van der Waals surface area contributed by atoms with Crippen LogP contribution in [0.3, 0.4) is 0 Å². The predicted octanol–water partition coefficient (Wildman–Crippen LogP) is 3.28. The van der Waals surface area contributed by atoms with Gasteiger partial charge in [0.1, 0.15) is 5.69 Å². The van der Waals surface area contributed by atoms with Gasteiger partial charge in [0, 0.05) is 10.0 Å². The van der Waals surface area contributed by atoms with E-state index in [2.05, 4.69) is 30.9 Å². The molecule has 0 fully saturated rings. The maximum Gasteiger partial charge on any atom is 0.356 e. The third-order valence-corrected chi connectivity index (χ3v) is 3.00. The second-order valence-electron chi connectivity index (χ2n) is 3.28. The minimum atomic E-state index is -0.461. The standard InChI is InChI=1S/C11H8BrClN2O2/c1-17-11(16)10-5-9(14-15-10)7-3-2-6(12)4-8(7)13/h2-5H,1H3,(H,14,15). The molecule has 0 unspecified atom stereocenters. The Morgan fingerprint density at radius 1 is 1.47 bits per heavy atom. The van der Waals surface area contributed by atoms with Crippen LogP contribution in [0.15, 0.2) is 28.7 Å². The summed E-state index contributed by atoms with van der Waals surface area (Å²) in [6.45, 7) is 0. The number of hydrogen-bond acceptors (Lipinski definition) is 3. The topological polar surface area (TPSA) is 55.0 Å². The Hall–Kier alpha value is -1.33. The first-order valence-corrected chi connectivity index (χ1v) is 5.88. The summed E-state index contributed by atoms with van der Waals surface area (Å²) in [5.41, 5.74) is 1.64. The molecule has 17 heavy (non-hydrogen) atoms. The van der Waals surface area contributed by atoms with Crippen molar-refractivity contribution in [3.63, 3.8) is 0 Å². The minimum Gasteiger partial charge on any atom is -0.464 e. The van der Waals surface area contributed by atoms with Crippen molar-refractivity contribution in [2.24, 2.45) is 0 Å². The van der Waals surface area contributed by atoms with Gasteiger partial charge < -0.3 is 4.74 Å². The third kappa shape index (κ3) is 2.50. The molecular weight excluding hydrogens is 307 g/mol. The number of nitrogens with zero attached hydrogens (tertiary/aromatic N) is 1. The Labute approximate surface area is 111 Å². The first-order valence-electron chi connectivity index (χ1n) is 4.71. The molecule has 0 amide bonds. The van der Waals surface area contributed by atoms with Crippen molar-refractivity contribution in [3.8, 4) is 11.3 Å². The molecule has 1 aromatic heterocycles. The summed E-state index contributed by atoms with van der Waals surface area (Å²) in [7, 11) is 1.31. The molecular formula is C11H8BrClN2O2. The number of aromatic amines is 1. The monoisotopic (exact) mass is 314 g/mol. The van der Waals surface area contributed by atoms with Crippen molar-refractivity contribution >= 4 is 33.5 Å². The van der Waals surface area contributed by atoms with Crippen molar-refractivity contribution in [1.29, 1.82) is 0 Å². The average Bonchev–Trinajstić information content (AvgIpc) is 2.77. The summed E-state index contributed by atoms with van der Waals surface area (Å²) >= 11 is 9.41. The second-order valence-corrected chi connectivity index (χ2v) is 4.61. The van der Waals surface area contributed by atoms with Crippen molar-refractivity contribution in [2.45, 2.75) is 0 Å². The zero-order valence-electron chi connectivity index (χ0n) is 8.83. The number of H-pyrrole nitrogens is 1. The van der Waals surface area contributed by atoms with E-state index >= 15 is 0 Å². The molecule has 0 atom stereocenters. The Bertz CT molecular complexity index is 568. The smallest absolute Gasteiger partial charge is 0.356 e. The highest BCUT2D eigenvalue weighted by Gasteiger charge is 2.12. The normalized spacial score (nSPS) is 10.3. The minimum absolute atomic E-state index is 0.293. The fraction of sp³-hybridized carbons (Fsp3) is 0.0909. The maximum absolute atomic E-state index is 11.3. The van der Waals surface area contributed by atoms with Crippen molar-refractivity contribution in [3.05, 3.63) is 39.5 Å². The molecule has 2 aromatic rings. The van der Waals surface area contributed by atoms with Crippen LogP contribution in [-0.2, 0) is 4.74 Å². The highest BCUT2D eigenvalue weighted by atomic mass is 79.9. The number of benzene rings is 1. The van der Waals surface area contributed by atoms with Crippen LogP contribution in [0.2, 0.25) is 5.02 Å². The Morgan fingerprint density at radius 2 is 2.24 bits per heavy atom. The van der Waals surface area contributed by atoms with E-state index in [4.69, 9.17) is 11.6 Å². The quantitative estimate of drug-likeness (QED) is 0.865. The van der Waals surface area contributed by atoms with Crippen LogP contribution >= 0.6 is 27.5 Å². The zero-order chi connectivity index (χ0) is 12.4. The molecule has 4 nitrogen and oxygen atoms in total. The van der Waals surface area contributed by atoms with Gasteiger partial charge in [0.05, 0.1) is 17.8 Å². The fourth-order valence-electron chi connectivity index (χ4n) is 1.37. The van der Waals surface area contributed by atoms with E-state index in [1.807, 2.05) is 12.1 Å². The number of nitrogens with one attached hydrogen (secondary N) is 1. The summed E-state index contributed by atoms with van der Waals surface area (Å²) in [5, 5.41) is 7.18. The van der Waals surface area contributed by atoms with Gasteiger partial charge in [-0.25, -0.2) is 4.79 Å². The van der Waals surface area contributed by atoms with Gasteiger partial charge in [-0.1, -0.05) is 33.6 Å². The lowest BCUT2D eigenvalue weighted by Crippen LogP contribution is -2.00. The largest absolute Gasteiger partial charge is 0.464 e. The molecule has 0 spiro atoms. The van der Waals surface area contributed by atoms with Crippen LogP contribution < -0.4 is 0 Å². The van der Waals surface area contributed by atoms with Gasteiger partial charge in [-0.15, -0.1) is 0 Å². The average molecular weight is 316 g/mol. The highest BCUT2D eigenvalue weighted by molar-refractivity contribution is 9.10. The first kappa shape index (κ1) is 12.1. The molecule has 0 aliphatic carbocycles. The molecule has 0 bridgehead atoms. The number of hydrogen-bond donors (Lipinski definition) is 1. The predicted molar refractivity (Wildman–Crippen MR) is 68.1 cm³/mol. The summed E-state index contributed by atoms with van der Waals surface area (Å²) < 4.78 is 5.47. The Balaban J connectivity index is 2.40. The number of methoxy groups -OCH3 is 1. The summed E-state index contributed by atoms with van der Waals surface area (Å²) in [6, 6.07) is 7.04. The van der Waals surface area contributed by atoms with Crippen LogP contribution in [-0.4, -0.2) is 23.3 Å². The van der Waals surface area contributed by atoms with E-state index < -0.39 is 5.97 Å². The zero-order valence-corrected chi connectivity index (χ0v) is 11.2. The second kappa shape index (κ2) is 4.89. The third-order valence-electron chi connectivity index (χ3n) is 2.19. The SMILES string of the molecule is COC(=O)c1cc(-c2ccc(Br)cc2Cl)n[nH]1. The van der Waals surface area contributed by atoms with Gasteiger partial charge in [-0.05, 0) is 18.2 Å². The van der Waals surface area contributed by atoms with Crippen LogP contribution in [0, 0.1) is 0 Å². The van der Waals surface area contributed by atoms with Gasteiger partial charge in [0.2, 0.25) is 0 Å².